The van der Waals surface area contributed by atoms with Gasteiger partial charge in [-0.25, -0.2) is 0 Å². The lowest BCUT2D eigenvalue weighted by Gasteiger charge is -2.35. The molecule has 24 heavy (non-hydrogen) atoms. The maximum Gasteiger partial charge on any atom is 0.253 e. The summed E-state index contributed by atoms with van der Waals surface area (Å²) in [5, 5.41) is 0. The first-order valence-electron chi connectivity index (χ1n) is 9.01. The Labute approximate surface area is 144 Å². The van der Waals surface area contributed by atoms with Crippen molar-refractivity contribution in [3.8, 4) is 0 Å². The molecular weight excluding hydrogens is 306 g/mol. The van der Waals surface area contributed by atoms with Crippen LogP contribution in [0.2, 0.25) is 0 Å². The summed E-state index contributed by atoms with van der Waals surface area (Å²) >= 11 is 0. The smallest absolute Gasteiger partial charge is 0.253 e. The largest absolute Gasteiger partial charge is 0.340 e. The third-order valence-corrected chi connectivity index (χ3v) is 4.68. The third-order valence-electron chi connectivity index (χ3n) is 4.68. The van der Waals surface area contributed by atoms with Gasteiger partial charge in [0.05, 0.1) is 0 Å². The average molecular weight is 335 g/mol. The van der Waals surface area contributed by atoms with Crippen molar-refractivity contribution < 1.29 is 14.4 Å². The van der Waals surface area contributed by atoms with Crippen molar-refractivity contribution in [2.45, 2.75) is 39.5 Å². The molecule has 2 aliphatic heterocycles. The van der Waals surface area contributed by atoms with Crippen LogP contribution in [0.5, 0.6) is 0 Å². The predicted octanol–water partition coefficient (Wildman–Crippen LogP) is 1.27. The molecule has 0 unspecified atom stereocenters. The van der Waals surface area contributed by atoms with Crippen LogP contribution in [0.25, 0.3) is 0 Å². The van der Waals surface area contributed by atoms with Gasteiger partial charge in [-0.15, -0.1) is 0 Å². The van der Waals surface area contributed by atoms with Crippen molar-refractivity contribution in [3.05, 3.63) is 12.2 Å². The molecule has 0 aliphatic carbocycles. The first-order chi connectivity index (χ1) is 11.5. The number of carbonyl (C=O) groups excluding carboxylic acids is 3. The zero-order valence-corrected chi connectivity index (χ0v) is 14.9. The highest BCUT2D eigenvalue weighted by molar-refractivity contribution is 6.13. The van der Waals surface area contributed by atoms with Gasteiger partial charge in [0.25, 0.3) is 11.8 Å². The molecule has 0 aromatic carbocycles. The lowest BCUT2D eigenvalue weighted by atomic mass is 10.1. The molecule has 134 valence electrons. The molecule has 6 nitrogen and oxygen atoms in total. The van der Waals surface area contributed by atoms with E-state index in [1.807, 2.05) is 4.90 Å². The second-order valence-corrected chi connectivity index (χ2v) is 7.02. The fourth-order valence-electron chi connectivity index (χ4n) is 3.13. The van der Waals surface area contributed by atoms with Gasteiger partial charge in [-0.1, -0.05) is 26.7 Å². The van der Waals surface area contributed by atoms with Gasteiger partial charge in [0.2, 0.25) is 5.91 Å². The number of nitrogens with zero attached hydrogens (tertiary/aromatic N) is 3. The molecule has 1 saturated heterocycles. The number of rotatable bonds is 8. The van der Waals surface area contributed by atoms with Gasteiger partial charge in [0.15, 0.2) is 0 Å². The molecule has 2 rings (SSSR count). The lowest BCUT2D eigenvalue weighted by molar-refractivity contribution is -0.138. The summed E-state index contributed by atoms with van der Waals surface area (Å²) in [7, 11) is 0. The Bertz CT molecular complexity index is 476. The molecular formula is C18H29N3O3. The van der Waals surface area contributed by atoms with E-state index in [1.54, 1.807) is 0 Å². The molecule has 0 saturated carbocycles. The van der Waals surface area contributed by atoms with Gasteiger partial charge < -0.3 is 4.90 Å². The highest BCUT2D eigenvalue weighted by Gasteiger charge is 2.26. The van der Waals surface area contributed by atoms with Crippen molar-refractivity contribution in [3.63, 3.8) is 0 Å². The molecule has 0 radical (unpaired) electrons. The van der Waals surface area contributed by atoms with Crippen LogP contribution in [0, 0.1) is 5.92 Å². The fraction of sp³-hybridized carbons (Fsp3) is 0.722. The van der Waals surface area contributed by atoms with Gasteiger partial charge in [0.1, 0.15) is 0 Å². The highest BCUT2D eigenvalue weighted by Crippen LogP contribution is 2.10. The molecule has 0 spiro atoms. The first kappa shape index (κ1) is 18.6. The molecule has 1 fully saturated rings. The van der Waals surface area contributed by atoms with E-state index in [0.717, 1.165) is 43.5 Å². The Morgan fingerprint density at radius 1 is 1.00 bits per heavy atom. The zero-order chi connectivity index (χ0) is 17.5. The summed E-state index contributed by atoms with van der Waals surface area (Å²) in [4.78, 5) is 40.6. The van der Waals surface area contributed by atoms with Gasteiger partial charge >= 0.3 is 0 Å². The van der Waals surface area contributed by atoms with Crippen LogP contribution in [0.3, 0.4) is 0 Å². The van der Waals surface area contributed by atoms with Crippen LogP contribution < -0.4 is 0 Å². The minimum absolute atomic E-state index is 0.0296. The molecule has 6 heteroatoms. The Morgan fingerprint density at radius 3 is 2.21 bits per heavy atom. The Hall–Kier alpha value is -1.69. The van der Waals surface area contributed by atoms with E-state index in [2.05, 4.69) is 18.7 Å². The van der Waals surface area contributed by atoms with Crippen LogP contribution in [0.15, 0.2) is 12.2 Å². The van der Waals surface area contributed by atoms with E-state index in [0.29, 0.717) is 0 Å². The van der Waals surface area contributed by atoms with Crippen LogP contribution in [-0.2, 0) is 14.4 Å². The second kappa shape index (κ2) is 8.97. The van der Waals surface area contributed by atoms with Gasteiger partial charge in [0, 0.05) is 51.3 Å². The molecule has 0 atom stereocenters. The quantitative estimate of drug-likeness (QED) is 0.495. The normalized spacial score (nSPS) is 19.0. The number of unbranched alkanes of at least 4 members (excludes halogenated alkanes) is 1. The number of imide groups is 1. The SMILES string of the molecule is CC(C)CCCCN1CCN(C(=O)CCN2C(=O)C=CC2=O)CC1. The van der Waals surface area contributed by atoms with Crippen molar-refractivity contribution >= 4 is 17.7 Å². The molecule has 2 aliphatic rings. The van der Waals surface area contributed by atoms with Gasteiger partial charge in [-0.05, 0) is 18.9 Å². The number of hydrogen-bond donors (Lipinski definition) is 0. The number of carbonyl (C=O) groups is 3. The Balaban J connectivity index is 1.62. The van der Waals surface area contributed by atoms with Crippen molar-refractivity contribution in [1.82, 2.24) is 14.7 Å². The van der Waals surface area contributed by atoms with Gasteiger partial charge in [-0.3, -0.25) is 24.2 Å². The summed E-state index contributed by atoms with van der Waals surface area (Å²) in [5.74, 6) is 0.157. The molecule has 2 heterocycles. The molecule has 0 N–H and O–H groups in total. The van der Waals surface area contributed by atoms with Gasteiger partial charge in [-0.2, -0.15) is 0 Å². The molecule has 0 aromatic rings. The van der Waals surface area contributed by atoms with Crippen LogP contribution in [-0.4, -0.2) is 71.7 Å². The van der Waals surface area contributed by atoms with E-state index < -0.39 is 0 Å². The second-order valence-electron chi connectivity index (χ2n) is 7.02. The number of hydrogen-bond acceptors (Lipinski definition) is 4. The van der Waals surface area contributed by atoms with Crippen LogP contribution in [0.1, 0.15) is 39.5 Å². The number of piperazine rings is 1. The standard InChI is InChI=1S/C18H29N3O3/c1-15(2)5-3-4-9-19-11-13-20(14-12-19)16(22)8-10-21-17(23)6-7-18(21)24/h6-7,15H,3-5,8-14H2,1-2H3. The summed E-state index contributed by atoms with van der Waals surface area (Å²) in [6.07, 6.45) is 6.49. The van der Waals surface area contributed by atoms with Crippen molar-refractivity contribution in [2.24, 2.45) is 5.92 Å². The number of amides is 3. The monoisotopic (exact) mass is 335 g/mol. The maximum absolute atomic E-state index is 12.2. The van der Waals surface area contributed by atoms with Crippen molar-refractivity contribution in [2.75, 3.05) is 39.3 Å². The fourth-order valence-corrected chi connectivity index (χ4v) is 3.13. The Morgan fingerprint density at radius 2 is 1.62 bits per heavy atom. The van der Waals surface area contributed by atoms with E-state index >= 15 is 0 Å². The predicted molar refractivity (Wildman–Crippen MR) is 92.2 cm³/mol. The minimum atomic E-state index is -0.320. The summed E-state index contributed by atoms with van der Waals surface area (Å²) < 4.78 is 0. The molecule has 0 bridgehead atoms. The average Bonchev–Trinajstić information content (AvgIpc) is 2.88. The summed E-state index contributed by atoms with van der Waals surface area (Å²) in [6.45, 7) is 9.10. The Kier molecular flexibility index (Phi) is 6.97. The zero-order valence-electron chi connectivity index (χ0n) is 14.9. The van der Waals surface area contributed by atoms with Crippen LogP contribution >= 0.6 is 0 Å². The molecule has 3 amide bonds. The molecule has 0 aromatic heterocycles. The van der Waals surface area contributed by atoms with E-state index in [-0.39, 0.29) is 30.7 Å². The van der Waals surface area contributed by atoms with E-state index in [1.165, 1.54) is 31.4 Å². The highest BCUT2D eigenvalue weighted by atomic mass is 16.2. The lowest BCUT2D eigenvalue weighted by Crippen LogP contribution is -2.49. The van der Waals surface area contributed by atoms with E-state index in [9.17, 15) is 14.4 Å². The maximum atomic E-state index is 12.2. The third kappa shape index (κ3) is 5.44. The first-order valence-corrected chi connectivity index (χ1v) is 9.01. The summed E-state index contributed by atoms with van der Waals surface area (Å²) in [5.41, 5.74) is 0. The van der Waals surface area contributed by atoms with E-state index in [4.69, 9.17) is 0 Å². The topological polar surface area (TPSA) is 60.9 Å². The minimum Gasteiger partial charge on any atom is -0.340 e. The summed E-state index contributed by atoms with van der Waals surface area (Å²) in [6, 6.07) is 0. The van der Waals surface area contributed by atoms with Crippen LogP contribution in [0.4, 0.5) is 0 Å². The van der Waals surface area contributed by atoms with Crippen molar-refractivity contribution in [1.29, 1.82) is 0 Å².